The first-order valence-corrected chi connectivity index (χ1v) is 3.33. The smallest absolute Gasteiger partial charge is 0.129 e. The largest absolute Gasteiger partial charge is 0.316 e. The molecule has 0 spiro atoms. The summed E-state index contributed by atoms with van der Waals surface area (Å²) in [4.78, 5) is 0. The molecule has 1 aliphatic heterocycles. The number of hydrogen-bond donors (Lipinski definition) is 1. The predicted molar refractivity (Wildman–Crippen MR) is 39.4 cm³/mol. The SMILES string of the molecule is C1=c2ccccc2=[N+]NC1. The van der Waals surface area contributed by atoms with Crippen molar-refractivity contribution in [3.05, 3.63) is 34.8 Å². The normalized spacial score (nSPS) is 14.0. The van der Waals surface area contributed by atoms with Crippen molar-refractivity contribution in [3.63, 3.8) is 0 Å². The van der Waals surface area contributed by atoms with Crippen LogP contribution in [0.2, 0.25) is 0 Å². The van der Waals surface area contributed by atoms with Crippen LogP contribution in [0.3, 0.4) is 0 Å². The molecule has 1 heterocycles. The highest BCUT2D eigenvalue weighted by Gasteiger charge is 2.00. The van der Waals surface area contributed by atoms with Gasteiger partial charge in [0.1, 0.15) is 0 Å². The summed E-state index contributed by atoms with van der Waals surface area (Å²) < 4.78 is 0. The molecule has 0 aliphatic carbocycles. The Balaban J connectivity index is 2.84. The summed E-state index contributed by atoms with van der Waals surface area (Å²) in [5, 5.41) is 6.37. The summed E-state index contributed by atoms with van der Waals surface area (Å²) in [6.07, 6.45) is 2.13. The molecule has 2 nitrogen and oxygen atoms in total. The molecule has 1 aromatic rings. The van der Waals surface area contributed by atoms with E-state index in [1.807, 2.05) is 18.2 Å². The van der Waals surface area contributed by atoms with Crippen molar-refractivity contribution in [2.45, 2.75) is 0 Å². The zero-order valence-electron chi connectivity index (χ0n) is 5.54. The molecule has 49 valence electrons. The Morgan fingerprint density at radius 3 is 3.10 bits per heavy atom. The summed E-state index contributed by atoms with van der Waals surface area (Å²) in [6.45, 7) is 0.844. The topological polar surface area (TPSA) is 26.1 Å². The van der Waals surface area contributed by atoms with Crippen molar-refractivity contribution in [2.75, 3.05) is 6.54 Å². The Labute approximate surface area is 58.9 Å². The van der Waals surface area contributed by atoms with E-state index in [0.29, 0.717) is 0 Å². The molecular weight excluding hydrogens is 124 g/mol. The van der Waals surface area contributed by atoms with Crippen molar-refractivity contribution >= 4 is 6.08 Å². The van der Waals surface area contributed by atoms with Crippen LogP contribution in [0.25, 0.3) is 6.08 Å². The highest BCUT2D eigenvalue weighted by molar-refractivity contribution is 5.25. The molecule has 2 heteroatoms. The van der Waals surface area contributed by atoms with Gasteiger partial charge in [-0.05, 0) is 12.1 Å². The molecular formula is C8H8N2+. The molecule has 0 amide bonds. The summed E-state index contributed by atoms with van der Waals surface area (Å²) in [7, 11) is 0. The maximum Gasteiger partial charge on any atom is 0.316 e. The lowest BCUT2D eigenvalue weighted by atomic mass is 10.2. The number of fused-ring (bicyclic) bond motifs is 1. The van der Waals surface area contributed by atoms with Crippen LogP contribution in [-0.4, -0.2) is 6.54 Å². The van der Waals surface area contributed by atoms with E-state index in [4.69, 9.17) is 0 Å². The molecule has 1 aliphatic rings. The number of nitrogens with zero attached hydrogens (tertiary/aromatic N) is 1. The summed E-state index contributed by atoms with van der Waals surface area (Å²) in [5.41, 5.74) is 2.91. The fourth-order valence-electron chi connectivity index (χ4n) is 1.05. The maximum atomic E-state index is 4.11. The van der Waals surface area contributed by atoms with Crippen LogP contribution in [0.1, 0.15) is 0 Å². The average molecular weight is 132 g/mol. The quantitative estimate of drug-likeness (QED) is 0.478. The van der Waals surface area contributed by atoms with Crippen LogP contribution in [-0.2, 0) is 0 Å². The maximum absolute atomic E-state index is 4.11. The number of para-hydroxylation sites is 1. The van der Waals surface area contributed by atoms with Gasteiger partial charge in [-0.2, -0.15) is 0 Å². The standard InChI is InChI=1S/C8H8N2/c1-2-4-8-7(3-1)5-6-9-10-8/h1-5,9H,6H2/q+1. The molecule has 2 rings (SSSR count). The fraction of sp³-hybridized carbons (Fsp3) is 0.125. The highest BCUT2D eigenvalue weighted by Crippen LogP contribution is 1.71. The summed E-state index contributed by atoms with van der Waals surface area (Å²) >= 11 is 0. The third-order valence-electron chi connectivity index (χ3n) is 1.55. The van der Waals surface area contributed by atoms with Crippen molar-refractivity contribution < 1.29 is 0 Å². The number of nitrogens with one attached hydrogen (secondary N) is 1. The molecule has 0 bridgehead atoms. The molecule has 0 fully saturated rings. The molecule has 1 N–H and O–H groups in total. The minimum absolute atomic E-state index is 0.844. The second kappa shape index (κ2) is 2.14. The first-order valence-electron chi connectivity index (χ1n) is 3.33. The first-order chi connectivity index (χ1) is 4.97. The minimum atomic E-state index is 0.844. The van der Waals surface area contributed by atoms with Gasteiger partial charge < -0.3 is 0 Å². The molecule has 1 aromatic carbocycles. The van der Waals surface area contributed by atoms with E-state index >= 15 is 0 Å². The van der Waals surface area contributed by atoms with Gasteiger partial charge in [0.05, 0.1) is 11.8 Å². The van der Waals surface area contributed by atoms with Crippen LogP contribution in [0.15, 0.2) is 24.3 Å². The van der Waals surface area contributed by atoms with Crippen molar-refractivity contribution in [2.24, 2.45) is 0 Å². The van der Waals surface area contributed by atoms with Crippen molar-refractivity contribution in [1.82, 2.24) is 10.5 Å². The van der Waals surface area contributed by atoms with Gasteiger partial charge in [0.2, 0.25) is 0 Å². The van der Waals surface area contributed by atoms with Crippen LogP contribution >= 0.6 is 0 Å². The van der Waals surface area contributed by atoms with E-state index in [2.05, 4.69) is 22.7 Å². The molecule has 0 atom stereocenters. The van der Waals surface area contributed by atoms with Crippen molar-refractivity contribution in [3.8, 4) is 0 Å². The summed E-state index contributed by atoms with van der Waals surface area (Å²) in [5.74, 6) is 0. The van der Waals surface area contributed by atoms with Crippen LogP contribution in [0.4, 0.5) is 0 Å². The molecule has 0 saturated carbocycles. The zero-order valence-corrected chi connectivity index (χ0v) is 5.54. The second-order valence-corrected chi connectivity index (χ2v) is 2.24. The Kier molecular flexibility index (Phi) is 1.17. The number of rotatable bonds is 0. The third-order valence-corrected chi connectivity index (χ3v) is 1.55. The molecule has 0 aromatic heterocycles. The Bertz CT molecular complexity index is 306. The lowest BCUT2D eigenvalue weighted by Gasteiger charge is -1.87. The predicted octanol–water partition coefficient (Wildman–Crippen LogP) is -1.06. The lowest BCUT2D eigenvalue weighted by Crippen LogP contribution is -2.40. The first kappa shape index (κ1) is 5.47. The highest BCUT2D eigenvalue weighted by atomic mass is 15.3. The molecule has 10 heavy (non-hydrogen) atoms. The lowest BCUT2D eigenvalue weighted by molar-refractivity contribution is 0.704. The van der Waals surface area contributed by atoms with Gasteiger partial charge in [0, 0.05) is 6.07 Å². The van der Waals surface area contributed by atoms with Gasteiger partial charge >= 0.3 is 5.36 Å². The molecule has 0 unspecified atom stereocenters. The van der Waals surface area contributed by atoms with E-state index in [9.17, 15) is 0 Å². The summed E-state index contributed by atoms with van der Waals surface area (Å²) in [6, 6.07) is 8.08. The fourth-order valence-corrected chi connectivity index (χ4v) is 1.05. The number of benzene rings is 1. The van der Waals surface area contributed by atoms with Gasteiger partial charge in [-0.25, -0.2) is 0 Å². The van der Waals surface area contributed by atoms with E-state index in [1.54, 1.807) is 0 Å². The van der Waals surface area contributed by atoms with Gasteiger partial charge in [0.25, 0.3) is 0 Å². The van der Waals surface area contributed by atoms with Gasteiger partial charge in [-0.1, -0.05) is 12.1 Å². The Morgan fingerprint density at radius 2 is 2.20 bits per heavy atom. The van der Waals surface area contributed by atoms with Crippen molar-refractivity contribution in [1.29, 1.82) is 0 Å². The molecule has 0 saturated heterocycles. The van der Waals surface area contributed by atoms with Gasteiger partial charge in [0.15, 0.2) is 5.10 Å². The van der Waals surface area contributed by atoms with E-state index in [-0.39, 0.29) is 0 Å². The second-order valence-electron chi connectivity index (χ2n) is 2.24. The van der Waals surface area contributed by atoms with Gasteiger partial charge in [-0.15, -0.1) is 5.43 Å². The Hall–Kier alpha value is -1.31. The minimum Gasteiger partial charge on any atom is -0.129 e. The van der Waals surface area contributed by atoms with Crippen LogP contribution in [0.5, 0.6) is 0 Å². The third kappa shape index (κ3) is 0.778. The average Bonchev–Trinajstić information content (AvgIpc) is 2.05. The Morgan fingerprint density at radius 1 is 1.30 bits per heavy atom. The van der Waals surface area contributed by atoms with E-state index < -0.39 is 0 Å². The zero-order chi connectivity index (χ0) is 6.81. The molecule has 1 radical (unpaired) electrons. The monoisotopic (exact) mass is 132 g/mol. The van der Waals surface area contributed by atoms with Crippen LogP contribution < -0.4 is 21.1 Å². The number of hydrogen-bond acceptors (Lipinski definition) is 2. The van der Waals surface area contributed by atoms with Crippen LogP contribution in [0, 0.1) is 0 Å². The van der Waals surface area contributed by atoms with E-state index in [1.165, 1.54) is 5.22 Å². The van der Waals surface area contributed by atoms with E-state index in [0.717, 1.165) is 11.9 Å². The van der Waals surface area contributed by atoms with Gasteiger partial charge in [-0.3, -0.25) is 0 Å².